The number of nitro groups is 1. The Bertz CT molecular complexity index is 425. The van der Waals surface area contributed by atoms with Crippen molar-refractivity contribution in [2.45, 2.75) is 19.9 Å². The molecule has 0 amide bonds. The number of aliphatic hydroxyl groups excluding tert-OH is 1. The minimum Gasteiger partial charge on any atom is -0.396 e. The molecule has 0 aliphatic heterocycles. The molecule has 0 unspecified atom stereocenters. The van der Waals surface area contributed by atoms with E-state index >= 15 is 0 Å². The Labute approximate surface area is 85.9 Å². The molecular weight excluding hydrogens is 200 g/mol. The van der Waals surface area contributed by atoms with Crippen LogP contribution in [0.15, 0.2) is 17.1 Å². The first-order chi connectivity index (χ1) is 7.06. The molecule has 0 aliphatic carbocycles. The van der Waals surface area contributed by atoms with Gasteiger partial charge in [0.1, 0.15) is 0 Å². The first-order valence-corrected chi connectivity index (χ1v) is 4.52. The van der Waals surface area contributed by atoms with Crippen LogP contribution in [0.2, 0.25) is 0 Å². The highest BCUT2D eigenvalue weighted by Crippen LogP contribution is 2.09. The summed E-state index contributed by atoms with van der Waals surface area (Å²) < 4.78 is 1.25. The smallest absolute Gasteiger partial charge is 0.286 e. The van der Waals surface area contributed by atoms with Crippen LogP contribution in [0.3, 0.4) is 0 Å². The summed E-state index contributed by atoms with van der Waals surface area (Å²) in [6, 6.07) is 1.25. The molecule has 0 saturated heterocycles. The molecule has 1 aromatic rings. The lowest BCUT2D eigenvalue weighted by atomic mass is 10.3. The lowest BCUT2D eigenvalue weighted by molar-refractivity contribution is -0.385. The van der Waals surface area contributed by atoms with E-state index in [-0.39, 0.29) is 24.4 Å². The Balaban J connectivity index is 3.13. The van der Waals surface area contributed by atoms with E-state index in [4.69, 9.17) is 5.11 Å². The molecule has 6 nitrogen and oxygen atoms in total. The third kappa shape index (κ3) is 2.63. The van der Waals surface area contributed by atoms with Crippen LogP contribution in [0.25, 0.3) is 0 Å². The van der Waals surface area contributed by atoms with E-state index in [9.17, 15) is 14.9 Å². The van der Waals surface area contributed by atoms with Gasteiger partial charge in [0.2, 0.25) is 0 Å². The van der Waals surface area contributed by atoms with Gasteiger partial charge in [-0.2, -0.15) is 0 Å². The lowest BCUT2D eigenvalue weighted by Crippen LogP contribution is -2.22. The summed E-state index contributed by atoms with van der Waals surface area (Å²) >= 11 is 0. The molecular formula is C9H12N2O4. The lowest BCUT2D eigenvalue weighted by Gasteiger charge is -2.05. The Morgan fingerprint density at radius 2 is 2.27 bits per heavy atom. The van der Waals surface area contributed by atoms with Crippen molar-refractivity contribution in [2.24, 2.45) is 0 Å². The van der Waals surface area contributed by atoms with E-state index in [1.165, 1.54) is 23.8 Å². The van der Waals surface area contributed by atoms with Crippen molar-refractivity contribution in [3.05, 3.63) is 38.3 Å². The fourth-order valence-electron chi connectivity index (χ4n) is 1.27. The first kappa shape index (κ1) is 11.4. The van der Waals surface area contributed by atoms with E-state index in [1.807, 2.05) is 0 Å². The number of nitrogens with zero attached hydrogens (tertiary/aromatic N) is 2. The summed E-state index contributed by atoms with van der Waals surface area (Å²) in [7, 11) is 0. The minimum atomic E-state index is -0.540. The second-order valence-electron chi connectivity index (χ2n) is 3.21. The van der Waals surface area contributed by atoms with Gasteiger partial charge in [0.25, 0.3) is 11.2 Å². The van der Waals surface area contributed by atoms with Crippen LogP contribution in [0.4, 0.5) is 5.69 Å². The summed E-state index contributed by atoms with van der Waals surface area (Å²) in [5.74, 6) is 0. The maximum absolute atomic E-state index is 11.5. The van der Waals surface area contributed by atoms with Gasteiger partial charge in [0, 0.05) is 24.8 Å². The van der Waals surface area contributed by atoms with Gasteiger partial charge >= 0.3 is 0 Å². The summed E-state index contributed by atoms with van der Waals surface area (Å²) in [6.07, 6.45) is 1.60. The van der Waals surface area contributed by atoms with Crippen molar-refractivity contribution in [3.8, 4) is 0 Å². The number of aromatic nitrogens is 1. The van der Waals surface area contributed by atoms with Gasteiger partial charge < -0.3 is 9.67 Å². The van der Waals surface area contributed by atoms with Crippen molar-refractivity contribution in [2.75, 3.05) is 6.61 Å². The zero-order valence-electron chi connectivity index (χ0n) is 8.34. The van der Waals surface area contributed by atoms with Crippen LogP contribution in [-0.4, -0.2) is 21.2 Å². The van der Waals surface area contributed by atoms with Gasteiger partial charge in [0.05, 0.1) is 11.1 Å². The molecule has 0 saturated carbocycles. The van der Waals surface area contributed by atoms with Gasteiger partial charge in [-0.3, -0.25) is 14.9 Å². The third-order valence-electron chi connectivity index (χ3n) is 2.02. The Kier molecular flexibility index (Phi) is 3.56. The average molecular weight is 212 g/mol. The maximum atomic E-state index is 11.5. The summed E-state index contributed by atoms with van der Waals surface area (Å²) in [5.41, 5.74) is -0.0266. The largest absolute Gasteiger partial charge is 0.396 e. The SMILES string of the molecule is Cc1cc([N+](=O)[O-])cn(CCCO)c1=O. The molecule has 82 valence electrons. The summed E-state index contributed by atoms with van der Waals surface area (Å²) in [5, 5.41) is 19.1. The second kappa shape index (κ2) is 4.70. The number of aryl methyl sites for hydroxylation is 2. The van der Waals surface area contributed by atoms with Gasteiger partial charge in [0.15, 0.2) is 0 Å². The van der Waals surface area contributed by atoms with Crippen LogP contribution in [0, 0.1) is 17.0 Å². The van der Waals surface area contributed by atoms with Crippen LogP contribution >= 0.6 is 0 Å². The van der Waals surface area contributed by atoms with E-state index in [0.717, 1.165) is 0 Å². The van der Waals surface area contributed by atoms with Crippen LogP contribution in [-0.2, 0) is 6.54 Å². The molecule has 0 bridgehead atoms. The van der Waals surface area contributed by atoms with Crippen molar-refractivity contribution < 1.29 is 10.0 Å². The van der Waals surface area contributed by atoms with Gasteiger partial charge in [-0.15, -0.1) is 0 Å². The van der Waals surface area contributed by atoms with E-state index in [0.29, 0.717) is 12.0 Å². The zero-order chi connectivity index (χ0) is 11.4. The summed E-state index contributed by atoms with van der Waals surface area (Å²) in [4.78, 5) is 21.5. The third-order valence-corrected chi connectivity index (χ3v) is 2.02. The molecule has 0 radical (unpaired) electrons. The van der Waals surface area contributed by atoms with Gasteiger partial charge in [-0.25, -0.2) is 0 Å². The number of aliphatic hydroxyl groups is 1. The molecule has 0 fully saturated rings. The molecule has 6 heteroatoms. The molecule has 15 heavy (non-hydrogen) atoms. The second-order valence-corrected chi connectivity index (χ2v) is 3.21. The molecule has 0 atom stereocenters. The fraction of sp³-hybridized carbons (Fsp3) is 0.444. The number of hydrogen-bond donors (Lipinski definition) is 1. The van der Waals surface area contributed by atoms with Gasteiger partial charge in [-0.05, 0) is 13.3 Å². The van der Waals surface area contributed by atoms with Gasteiger partial charge in [-0.1, -0.05) is 0 Å². The maximum Gasteiger partial charge on any atom is 0.286 e. The molecule has 1 N–H and O–H groups in total. The predicted molar refractivity (Wildman–Crippen MR) is 53.8 cm³/mol. The minimum absolute atomic E-state index is 0.0474. The topological polar surface area (TPSA) is 85.4 Å². The van der Waals surface area contributed by atoms with E-state index in [2.05, 4.69) is 0 Å². The average Bonchev–Trinajstić information content (AvgIpc) is 2.19. The zero-order valence-corrected chi connectivity index (χ0v) is 8.34. The van der Waals surface area contributed by atoms with E-state index < -0.39 is 4.92 Å². The number of pyridine rings is 1. The molecule has 0 aromatic carbocycles. The van der Waals surface area contributed by atoms with Crippen molar-refractivity contribution in [1.82, 2.24) is 4.57 Å². The van der Waals surface area contributed by atoms with Crippen molar-refractivity contribution in [3.63, 3.8) is 0 Å². The molecule has 0 spiro atoms. The normalized spacial score (nSPS) is 10.3. The highest BCUT2D eigenvalue weighted by molar-refractivity contribution is 5.30. The first-order valence-electron chi connectivity index (χ1n) is 4.52. The number of rotatable bonds is 4. The Morgan fingerprint density at radius 1 is 1.60 bits per heavy atom. The quantitative estimate of drug-likeness (QED) is 0.579. The Hall–Kier alpha value is -1.69. The predicted octanol–water partition coefficient (Wildman–Crippen LogP) is 0.447. The number of hydrogen-bond acceptors (Lipinski definition) is 4. The molecule has 0 aliphatic rings. The highest BCUT2D eigenvalue weighted by atomic mass is 16.6. The molecule has 1 aromatic heterocycles. The van der Waals surface area contributed by atoms with Crippen LogP contribution in [0.5, 0.6) is 0 Å². The highest BCUT2D eigenvalue weighted by Gasteiger charge is 2.10. The monoisotopic (exact) mass is 212 g/mol. The summed E-state index contributed by atoms with van der Waals surface area (Å²) in [6.45, 7) is 1.77. The van der Waals surface area contributed by atoms with Crippen LogP contribution in [0.1, 0.15) is 12.0 Å². The molecule has 1 heterocycles. The standard InChI is InChI=1S/C9H12N2O4/c1-7-5-8(11(14)15)6-10(9(7)13)3-2-4-12/h5-6,12H,2-4H2,1H3. The van der Waals surface area contributed by atoms with Crippen molar-refractivity contribution >= 4 is 5.69 Å². The fourth-order valence-corrected chi connectivity index (χ4v) is 1.27. The molecule has 1 rings (SSSR count). The van der Waals surface area contributed by atoms with Crippen molar-refractivity contribution in [1.29, 1.82) is 0 Å². The van der Waals surface area contributed by atoms with Crippen LogP contribution < -0.4 is 5.56 Å². The van der Waals surface area contributed by atoms with E-state index in [1.54, 1.807) is 0 Å². The Morgan fingerprint density at radius 3 is 2.80 bits per heavy atom.